The van der Waals surface area contributed by atoms with Gasteiger partial charge in [0, 0.05) is 0 Å². The molecular formula is C44H76O. The standard InChI is InChI=1S/C44H76O/c1-3-5-7-9-11-13-15-17-19-21-23-25-27-29-33-37-42-41-44(39-35-31-32-36-40-44)45-43(42)38-34-30-28-26-24-22-20-18-16-14-12-10-8-6-4-2/h11-14,17-20,31-32,42-43H,3-10,15-16,21-30,33-41H2,1-2H3/b13-11-,14-12-,19-17-,20-18-. The summed E-state index contributed by atoms with van der Waals surface area (Å²) < 4.78 is 7.01. The van der Waals surface area contributed by atoms with Crippen molar-refractivity contribution in [2.24, 2.45) is 5.92 Å². The summed E-state index contributed by atoms with van der Waals surface area (Å²) in [5, 5.41) is 0. The molecule has 1 fully saturated rings. The Balaban J connectivity index is 1.55. The highest BCUT2D eigenvalue weighted by atomic mass is 16.5. The predicted molar refractivity (Wildman–Crippen MR) is 202 cm³/mol. The van der Waals surface area contributed by atoms with Crippen LogP contribution in [0.5, 0.6) is 0 Å². The number of hydrogen-bond acceptors (Lipinski definition) is 1. The summed E-state index contributed by atoms with van der Waals surface area (Å²) in [6, 6.07) is 0. The average Bonchev–Trinajstić information content (AvgIpc) is 3.22. The topological polar surface area (TPSA) is 9.23 Å². The van der Waals surface area contributed by atoms with E-state index in [0.717, 1.165) is 18.8 Å². The molecule has 2 aliphatic rings. The van der Waals surface area contributed by atoms with Crippen LogP contribution < -0.4 is 0 Å². The quantitative estimate of drug-likeness (QED) is 0.0624. The van der Waals surface area contributed by atoms with Gasteiger partial charge in [-0.1, -0.05) is 152 Å². The molecule has 0 aromatic carbocycles. The van der Waals surface area contributed by atoms with Gasteiger partial charge in [-0.3, -0.25) is 0 Å². The van der Waals surface area contributed by atoms with E-state index in [4.69, 9.17) is 4.74 Å². The van der Waals surface area contributed by atoms with Crippen molar-refractivity contribution in [2.45, 2.75) is 212 Å². The molecule has 0 aromatic rings. The maximum Gasteiger partial charge on any atom is 0.0696 e. The highest BCUT2D eigenvalue weighted by Gasteiger charge is 2.44. The molecule has 1 aliphatic heterocycles. The smallest absolute Gasteiger partial charge is 0.0696 e. The van der Waals surface area contributed by atoms with Crippen molar-refractivity contribution in [1.29, 1.82) is 0 Å². The third kappa shape index (κ3) is 21.2. The average molecular weight is 621 g/mol. The Hall–Kier alpha value is -1.34. The van der Waals surface area contributed by atoms with E-state index in [9.17, 15) is 0 Å². The van der Waals surface area contributed by atoms with Crippen LogP contribution >= 0.6 is 0 Å². The lowest BCUT2D eigenvalue weighted by molar-refractivity contribution is -0.0571. The SMILES string of the molecule is CCCCC/C=C\C/C=C\CCCCCCCC1CC2(CCC=CCC2)OC1CCCCCCC/C=C\C/C=C\CCCCC. The second kappa shape index (κ2) is 28.8. The van der Waals surface area contributed by atoms with Gasteiger partial charge < -0.3 is 4.74 Å². The number of allylic oxidation sites excluding steroid dienone is 10. The van der Waals surface area contributed by atoms with Gasteiger partial charge in [-0.05, 0) is 115 Å². The van der Waals surface area contributed by atoms with Crippen LogP contribution in [0.2, 0.25) is 0 Å². The molecule has 2 unspecified atom stereocenters. The van der Waals surface area contributed by atoms with Crippen molar-refractivity contribution in [2.75, 3.05) is 0 Å². The minimum absolute atomic E-state index is 0.187. The van der Waals surface area contributed by atoms with Crippen LogP contribution in [0.3, 0.4) is 0 Å². The van der Waals surface area contributed by atoms with Crippen molar-refractivity contribution in [3.63, 3.8) is 0 Å². The fourth-order valence-corrected chi connectivity index (χ4v) is 7.41. The van der Waals surface area contributed by atoms with Crippen molar-refractivity contribution in [3.05, 3.63) is 60.8 Å². The molecule has 1 aliphatic carbocycles. The predicted octanol–water partition coefficient (Wildman–Crippen LogP) is 14.9. The number of hydrogen-bond donors (Lipinski definition) is 0. The lowest BCUT2D eigenvalue weighted by Gasteiger charge is -2.28. The fraction of sp³-hybridized carbons (Fsp3) is 0.773. The van der Waals surface area contributed by atoms with E-state index >= 15 is 0 Å². The van der Waals surface area contributed by atoms with Gasteiger partial charge in [-0.25, -0.2) is 0 Å². The first-order chi connectivity index (χ1) is 22.3. The van der Waals surface area contributed by atoms with Crippen LogP contribution in [0, 0.1) is 5.92 Å². The lowest BCUT2D eigenvalue weighted by atomic mass is 9.83. The third-order valence-corrected chi connectivity index (χ3v) is 10.2. The van der Waals surface area contributed by atoms with E-state index in [0.29, 0.717) is 6.10 Å². The zero-order valence-corrected chi connectivity index (χ0v) is 30.3. The molecule has 0 amide bonds. The Morgan fingerprint density at radius 1 is 0.511 bits per heavy atom. The van der Waals surface area contributed by atoms with Gasteiger partial charge in [0.2, 0.25) is 0 Å². The van der Waals surface area contributed by atoms with E-state index in [1.807, 2.05) is 0 Å². The summed E-state index contributed by atoms with van der Waals surface area (Å²) in [6.07, 6.45) is 62.4. The van der Waals surface area contributed by atoms with Crippen LogP contribution in [0.15, 0.2) is 60.8 Å². The van der Waals surface area contributed by atoms with Crippen molar-refractivity contribution < 1.29 is 4.74 Å². The summed E-state index contributed by atoms with van der Waals surface area (Å²) >= 11 is 0. The minimum Gasteiger partial charge on any atom is -0.371 e. The van der Waals surface area contributed by atoms with Crippen LogP contribution in [0.25, 0.3) is 0 Å². The lowest BCUT2D eigenvalue weighted by Crippen LogP contribution is -2.28. The Kier molecular flexibility index (Phi) is 25.5. The minimum atomic E-state index is 0.187. The molecule has 0 saturated carbocycles. The van der Waals surface area contributed by atoms with E-state index in [-0.39, 0.29) is 5.60 Å². The maximum absolute atomic E-state index is 7.01. The second-order valence-electron chi connectivity index (χ2n) is 14.4. The summed E-state index contributed by atoms with van der Waals surface area (Å²) in [5.41, 5.74) is 0.187. The summed E-state index contributed by atoms with van der Waals surface area (Å²) in [5.74, 6) is 0.798. The number of unbranched alkanes of at least 4 members (excludes halogenated alkanes) is 16. The molecule has 2 atom stereocenters. The van der Waals surface area contributed by atoms with Crippen LogP contribution in [0.1, 0.15) is 200 Å². The van der Waals surface area contributed by atoms with Crippen LogP contribution in [-0.4, -0.2) is 11.7 Å². The highest BCUT2D eigenvalue weighted by Crippen LogP contribution is 2.46. The molecule has 0 bridgehead atoms. The monoisotopic (exact) mass is 621 g/mol. The summed E-state index contributed by atoms with van der Waals surface area (Å²) in [4.78, 5) is 0. The van der Waals surface area contributed by atoms with Crippen LogP contribution in [-0.2, 0) is 4.74 Å². The van der Waals surface area contributed by atoms with Gasteiger partial charge in [0.1, 0.15) is 0 Å². The molecule has 2 rings (SSSR count). The van der Waals surface area contributed by atoms with Gasteiger partial charge in [-0.15, -0.1) is 0 Å². The molecule has 258 valence electrons. The zero-order valence-electron chi connectivity index (χ0n) is 30.3. The number of ether oxygens (including phenoxy) is 1. The van der Waals surface area contributed by atoms with Gasteiger partial charge in [0.25, 0.3) is 0 Å². The highest BCUT2D eigenvalue weighted by molar-refractivity contribution is 5.00. The second-order valence-corrected chi connectivity index (χ2v) is 14.4. The Bertz CT molecular complexity index is 732. The van der Waals surface area contributed by atoms with Gasteiger partial charge in [0.15, 0.2) is 0 Å². The number of rotatable bonds is 28. The largest absolute Gasteiger partial charge is 0.371 e. The van der Waals surface area contributed by atoms with Gasteiger partial charge in [-0.2, -0.15) is 0 Å². The fourth-order valence-electron chi connectivity index (χ4n) is 7.41. The van der Waals surface area contributed by atoms with E-state index in [2.05, 4.69) is 74.6 Å². The van der Waals surface area contributed by atoms with E-state index in [1.54, 1.807) is 0 Å². The molecule has 0 N–H and O–H groups in total. The Morgan fingerprint density at radius 2 is 0.933 bits per heavy atom. The Labute approximate surface area is 282 Å². The molecular weight excluding hydrogens is 544 g/mol. The molecule has 1 saturated heterocycles. The van der Waals surface area contributed by atoms with E-state index in [1.165, 1.54) is 173 Å². The van der Waals surface area contributed by atoms with Crippen molar-refractivity contribution >= 4 is 0 Å². The molecule has 0 radical (unpaired) electrons. The first-order valence-electron chi connectivity index (χ1n) is 20.2. The van der Waals surface area contributed by atoms with Crippen LogP contribution in [0.4, 0.5) is 0 Å². The van der Waals surface area contributed by atoms with Crippen molar-refractivity contribution in [3.8, 4) is 0 Å². The summed E-state index contributed by atoms with van der Waals surface area (Å²) in [7, 11) is 0. The Morgan fingerprint density at radius 3 is 1.42 bits per heavy atom. The molecule has 1 heteroatoms. The molecule has 0 aromatic heterocycles. The normalized spacial score (nSPS) is 20.2. The van der Waals surface area contributed by atoms with Crippen molar-refractivity contribution in [1.82, 2.24) is 0 Å². The first-order valence-corrected chi connectivity index (χ1v) is 20.2. The summed E-state index contributed by atoms with van der Waals surface area (Å²) in [6.45, 7) is 4.55. The van der Waals surface area contributed by atoms with Gasteiger partial charge in [0.05, 0.1) is 11.7 Å². The molecule has 1 heterocycles. The first kappa shape index (κ1) is 39.8. The molecule has 45 heavy (non-hydrogen) atoms. The van der Waals surface area contributed by atoms with E-state index < -0.39 is 0 Å². The molecule has 1 spiro atoms. The zero-order chi connectivity index (χ0) is 31.9. The van der Waals surface area contributed by atoms with Gasteiger partial charge >= 0.3 is 0 Å². The molecule has 1 nitrogen and oxygen atoms in total. The third-order valence-electron chi connectivity index (χ3n) is 10.2. The maximum atomic E-state index is 7.01.